The van der Waals surface area contributed by atoms with Crippen LogP contribution in [0.25, 0.3) is 0 Å². The number of rotatable bonds is 2. The Bertz CT molecular complexity index is 658. The Morgan fingerprint density at radius 2 is 2.04 bits per heavy atom. The van der Waals surface area contributed by atoms with Gasteiger partial charge in [-0.25, -0.2) is 8.78 Å². The van der Waals surface area contributed by atoms with E-state index in [9.17, 15) is 13.6 Å². The minimum atomic E-state index is -0.534. The first-order valence-corrected chi connectivity index (χ1v) is 8.53. The molecule has 0 N–H and O–H groups in total. The van der Waals surface area contributed by atoms with Gasteiger partial charge in [-0.3, -0.25) is 4.79 Å². The Hall–Kier alpha value is -1.53. The Kier molecular flexibility index (Phi) is 3.84. The van der Waals surface area contributed by atoms with E-state index < -0.39 is 17.4 Å². The third kappa shape index (κ3) is 2.82. The van der Waals surface area contributed by atoms with Gasteiger partial charge in [0.2, 0.25) is 5.91 Å². The fourth-order valence-corrected chi connectivity index (χ4v) is 3.88. The van der Waals surface area contributed by atoms with Gasteiger partial charge in [0.05, 0.1) is 12.7 Å². The van der Waals surface area contributed by atoms with E-state index in [1.165, 1.54) is 6.07 Å². The normalized spacial score (nSPS) is 31.5. The highest BCUT2D eigenvalue weighted by Gasteiger charge is 2.49. The SMILES string of the molecule is C[C@H]1COC2(CCN(C(=O)[C@H]3C[C@@H]3c3cc(F)ccc3F)CC2)O1. The summed E-state index contributed by atoms with van der Waals surface area (Å²) >= 11 is 0. The number of halogens is 2. The van der Waals surface area contributed by atoms with Gasteiger partial charge < -0.3 is 14.4 Å². The molecule has 2 saturated heterocycles. The fraction of sp³-hybridized carbons (Fsp3) is 0.611. The number of likely N-dealkylation sites (tertiary alicyclic amines) is 1. The van der Waals surface area contributed by atoms with Crippen LogP contribution in [0.5, 0.6) is 0 Å². The predicted octanol–water partition coefficient (Wildman–Crippen LogP) is 2.82. The van der Waals surface area contributed by atoms with Gasteiger partial charge in [0.15, 0.2) is 5.79 Å². The molecule has 2 heterocycles. The second kappa shape index (κ2) is 5.77. The molecule has 24 heavy (non-hydrogen) atoms. The number of carbonyl (C=O) groups excluding carboxylic acids is 1. The van der Waals surface area contributed by atoms with Crippen molar-refractivity contribution in [1.82, 2.24) is 4.90 Å². The molecule has 1 aromatic rings. The number of benzene rings is 1. The lowest BCUT2D eigenvalue weighted by Gasteiger charge is -2.38. The Labute approximate surface area is 139 Å². The maximum Gasteiger partial charge on any atom is 0.226 e. The lowest BCUT2D eigenvalue weighted by molar-refractivity contribution is -0.195. The summed E-state index contributed by atoms with van der Waals surface area (Å²) in [5, 5.41) is 0. The van der Waals surface area contributed by atoms with Crippen molar-refractivity contribution in [2.45, 2.75) is 44.0 Å². The number of piperidine rings is 1. The molecule has 4 nitrogen and oxygen atoms in total. The van der Waals surface area contributed by atoms with Crippen LogP contribution in [0.4, 0.5) is 8.78 Å². The van der Waals surface area contributed by atoms with E-state index in [0.29, 0.717) is 44.5 Å². The van der Waals surface area contributed by atoms with Gasteiger partial charge in [-0.1, -0.05) is 0 Å². The van der Waals surface area contributed by atoms with E-state index in [1.807, 2.05) is 11.8 Å². The third-order valence-corrected chi connectivity index (χ3v) is 5.30. The molecule has 1 spiro atoms. The Morgan fingerprint density at radius 3 is 2.71 bits per heavy atom. The summed E-state index contributed by atoms with van der Waals surface area (Å²) < 4.78 is 38.8. The Morgan fingerprint density at radius 1 is 1.29 bits per heavy atom. The summed E-state index contributed by atoms with van der Waals surface area (Å²) in [7, 11) is 0. The summed E-state index contributed by atoms with van der Waals surface area (Å²) in [5.41, 5.74) is 0.318. The van der Waals surface area contributed by atoms with Gasteiger partial charge in [0.25, 0.3) is 0 Å². The van der Waals surface area contributed by atoms with Crippen LogP contribution in [-0.2, 0) is 14.3 Å². The number of carbonyl (C=O) groups is 1. The van der Waals surface area contributed by atoms with E-state index in [4.69, 9.17) is 9.47 Å². The third-order valence-electron chi connectivity index (χ3n) is 5.30. The summed E-state index contributed by atoms with van der Waals surface area (Å²) in [6, 6.07) is 3.44. The van der Waals surface area contributed by atoms with Gasteiger partial charge in [0, 0.05) is 31.8 Å². The van der Waals surface area contributed by atoms with Crippen LogP contribution in [0.1, 0.15) is 37.7 Å². The van der Waals surface area contributed by atoms with Gasteiger partial charge in [-0.2, -0.15) is 0 Å². The molecule has 0 unspecified atom stereocenters. The molecular formula is C18H21F2NO3. The van der Waals surface area contributed by atoms with Crippen LogP contribution >= 0.6 is 0 Å². The molecule has 3 aliphatic rings. The van der Waals surface area contributed by atoms with Crippen LogP contribution < -0.4 is 0 Å². The highest BCUT2D eigenvalue weighted by atomic mass is 19.1. The predicted molar refractivity (Wildman–Crippen MR) is 82.3 cm³/mol. The van der Waals surface area contributed by atoms with Crippen LogP contribution in [0.2, 0.25) is 0 Å². The van der Waals surface area contributed by atoms with E-state index in [2.05, 4.69) is 0 Å². The van der Waals surface area contributed by atoms with Crippen molar-refractivity contribution in [2.24, 2.45) is 5.92 Å². The molecule has 3 fully saturated rings. The summed E-state index contributed by atoms with van der Waals surface area (Å²) in [5.74, 6) is -1.84. The second-order valence-electron chi connectivity index (χ2n) is 7.09. The maximum absolute atomic E-state index is 13.9. The molecule has 0 aromatic heterocycles. The van der Waals surface area contributed by atoms with E-state index in [1.54, 1.807) is 0 Å². The number of amides is 1. The molecule has 0 bridgehead atoms. The van der Waals surface area contributed by atoms with Gasteiger partial charge >= 0.3 is 0 Å². The number of nitrogens with zero attached hydrogens (tertiary/aromatic N) is 1. The average Bonchev–Trinajstić information content (AvgIpc) is 3.28. The van der Waals surface area contributed by atoms with Crippen molar-refractivity contribution in [3.8, 4) is 0 Å². The van der Waals surface area contributed by atoms with Crippen LogP contribution in [0.3, 0.4) is 0 Å². The van der Waals surface area contributed by atoms with Crippen LogP contribution in [0, 0.1) is 17.6 Å². The van der Waals surface area contributed by atoms with E-state index in [-0.39, 0.29) is 23.8 Å². The molecule has 1 aliphatic carbocycles. The molecule has 3 atom stereocenters. The zero-order chi connectivity index (χ0) is 16.9. The molecule has 2 aliphatic heterocycles. The lowest BCUT2D eigenvalue weighted by atomic mass is 10.0. The first-order valence-electron chi connectivity index (χ1n) is 8.53. The van der Waals surface area contributed by atoms with E-state index in [0.717, 1.165) is 12.1 Å². The minimum Gasteiger partial charge on any atom is -0.347 e. The molecule has 1 saturated carbocycles. The van der Waals surface area contributed by atoms with E-state index >= 15 is 0 Å². The van der Waals surface area contributed by atoms with Gasteiger partial charge in [0.1, 0.15) is 11.6 Å². The molecule has 130 valence electrons. The molecule has 1 aromatic carbocycles. The monoisotopic (exact) mass is 337 g/mol. The fourth-order valence-electron chi connectivity index (χ4n) is 3.88. The summed E-state index contributed by atoms with van der Waals surface area (Å²) in [6.07, 6.45) is 2.00. The second-order valence-corrected chi connectivity index (χ2v) is 7.09. The Balaban J connectivity index is 1.37. The summed E-state index contributed by atoms with van der Waals surface area (Å²) in [6.45, 7) is 3.74. The van der Waals surface area contributed by atoms with Crippen LogP contribution in [0.15, 0.2) is 18.2 Å². The quantitative estimate of drug-likeness (QED) is 0.833. The molecule has 6 heteroatoms. The van der Waals surface area contributed by atoms with Gasteiger partial charge in [-0.15, -0.1) is 0 Å². The highest BCUT2D eigenvalue weighted by Crippen LogP contribution is 2.50. The zero-order valence-electron chi connectivity index (χ0n) is 13.6. The number of ether oxygens (including phenoxy) is 2. The first kappa shape index (κ1) is 16.0. The van der Waals surface area contributed by atoms with Crippen molar-refractivity contribution >= 4 is 5.91 Å². The lowest BCUT2D eigenvalue weighted by Crippen LogP contribution is -2.48. The summed E-state index contributed by atoms with van der Waals surface area (Å²) in [4.78, 5) is 14.4. The smallest absolute Gasteiger partial charge is 0.226 e. The maximum atomic E-state index is 13.9. The topological polar surface area (TPSA) is 38.8 Å². The molecular weight excluding hydrogens is 316 g/mol. The van der Waals surface area contributed by atoms with Crippen molar-refractivity contribution in [3.63, 3.8) is 0 Å². The molecule has 0 radical (unpaired) electrons. The van der Waals surface area contributed by atoms with Crippen molar-refractivity contribution in [3.05, 3.63) is 35.4 Å². The largest absolute Gasteiger partial charge is 0.347 e. The first-order chi connectivity index (χ1) is 11.5. The molecule has 4 rings (SSSR count). The molecule has 1 amide bonds. The average molecular weight is 337 g/mol. The van der Waals surface area contributed by atoms with Crippen LogP contribution in [-0.4, -0.2) is 42.4 Å². The van der Waals surface area contributed by atoms with Gasteiger partial charge in [-0.05, 0) is 43.0 Å². The number of hydrogen-bond donors (Lipinski definition) is 0. The standard InChI is InChI=1S/C18H21F2NO3/c1-11-10-23-18(24-11)4-6-21(7-5-18)17(22)15-9-13(15)14-8-12(19)2-3-16(14)20/h2-3,8,11,13,15H,4-7,9-10H2,1H3/t11-,13+,15-/m0/s1. The highest BCUT2D eigenvalue weighted by molar-refractivity contribution is 5.83. The zero-order valence-corrected chi connectivity index (χ0v) is 13.6. The van der Waals surface area contributed by atoms with Crippen molar-refractivity contribution in [1.29, 1.82) is 0 Å². The van der Waals surface area contributed by atoms with Crippen molar-refractivity contribution in [2.75, 3.05) is 19.7 Å². The minimum absolute atomic E-state index is 0.0320. The van der Waals surface area contributed by atoms with Crippen molar-refractivity contribution < 1.29 is 23.0 Å². The number of hydrogen-bond acceptors (Lipinski definition) is 3.